The van der Waals surface area contributed by atoms with Gasteiger partial charge in [0.05, 0.1) is 0 Å². The van der Waals surface area contributed by atoms with E-state index in [9.17, 15) is 4.79 Å². The van der Waals surface area contributed by atoms with Crippen LogP contribution in [0.2, 0.25) is 0 Å². The normalized spacial score (nSPS) is 10.9. The van der Waals surface area contributed by atoms with Crippen LogP contribution >= 0.6 is 0 Å². The SMILES string of the molecule is Cc1c(Cc2ccc(N)cc2)c(=O)oc2cc(Oc3ncccn3)ccc12. The van der Waals surface area contributed by atoms with Crippen molar-refractivity contribution in [3.05, 3.63) is 88.0 Å². The number of nitrogen functional groups attached to an aromatic ring is 1. The van der Waals surface area contributed by atoms with Crippen LogP contribution in [0.25, 0.3) is 11.0 Å². The lowest BCUT2D eigenvalue weighted by Gasteiger charge is -2.09. The quantitative estimate of drug-likeness (QED) is 0.439. The van der Waals surface area contributed by atoms with Gasteiger partial charge in [-0.1, -0.05) is 12.1 Å². The molecule has 4 rings (SSSR count). The van der Waals surface area contributed by atoms with Gasteiger partial charge < -0.3 is 14.9 Å². The molecule has 6 heteroatoms. The second kappa shape index (κ2) is 6.92. The highest BCUT2D eigenvalue weighted by atomic mass is 16.5. The van der Waals surface area contributed by atoms with Crippen molar-refractivity contribution in [2.24, 2.45) is 0 Å². The molecule has 0 saturated heterocycles. The van der Waals surface area contributed by atoms with Crippen LogP contribution in [0.3, 0.4) is 0 Å². The highest BCUT2D eigenvalue weighted by molar-refractivity contribution is 5.82. The molecule has 0 aliphatic rings. The van der Waals surface area contributed by atoms with Crippen molar-refractivity contribution < 1.29 is 9.15 Å². The highest BCUT2D eigenvalue weighted by Gasteiger charge is 2.13. The molecule has 2 heterocycles. The fourth-order valence-corrected chi connectivity index (χ4v) is 2.93. The van der Waals surface area contributed by atoms with Crippen molar-refractivity contribution in [1.82, 2.24) is 9.97 Å². The molecule has 0 bridgehead atoms. The zero-order chi connectivity index (χ0) is 18.8. The van der Waals surface area contributed by atoms with Crippen LogP contribution in [0, 0.1) is 6.92 Å². The number of aryl methyl sites for hydroxylation is 1. The summed E-state index contributed by atoms with van der Waals surface area (Å²) in [5, 5.41) is 0.862. The molecule has 0 aliphatic carbocycles. The number of hydrogen-bond donors (Lipinski definition) is 1. The average Bonchev–Trinajstić information content (AvgIpc) is 2.67. The molecule has 0 amide bonds. The number of anilines is 1. The first kappa shape index (κ1) is 16.8. The predicted molar refractivity (Wildman–Crippen MR) is 103 cm³/mol. The smallest absolute Gasteiger partial charge is 0.340 e. The maximum Gasteiger partial charge on any atom is 0.340 e. The van der Waals surface area contributed by atoms with Gasteiger partial charge in [0.1, 0.15) is 11.3 Å². The minimum Gasteiger partial charge on any atom is -0.424 e. The Balaban J connectivity index is 1.70. The van der Waals surface area contributed by atoms with E-state index in [0.29, 0.717) is 29.0 Å². The first-order chi connectivity index (χ1) is 13.1. The van der Waals surface area contributed by atoms with E-state index >= 15 is 0 Å². The molecule has 0 radical (unpaired) electrons. The van der Waals surface area contributed by atoms with Crippen LogP contribution in [0.1, 0.15) is 16.7 Å². The Kier molecular flexibility index (Phi) is 4.30. The van der Waals surface area contributed by atoms with E-state index in [2.05, 4.69) is 9.97 Å². The largest absolute Gasteiger partial charge is 0.424 e. The van der Waals surface area contributed by atoms with Gasteiger partial charge in [-0.3, -0.25) is 0 Å². The summed E-state index contributed by atoms with van der Waals surface area (Å²) in [5.41, 5.74) is 9.04. The summed E-state index contributed by atoms with van der Waals surface area (Å²) in [7, 11) is 0. The number of aromatic nitrogens is 2. The number of fused-ring (bicyclic) bond motifs is 1. The van der Waals surface area contributed by atoms with E-state index in [1.54, 1.807) is 30.6 Å². The maximum absolute atomic E-state index is 12.5. The molecule has 4 aromatic rings. The molecule has 0 unspecified atom stereocenters. The van der Waals surface area contributed by atoms with E-state index in [1.807, 2.05) is 37.3 Å². The van der Waals surface area contributed by atoms with Gasteiger partial charge in [0, 0.05) is 41.5 Å². The number of nitrogens with zero attached hydrogens (tertiary/aromatic N) is 2. The van der Waals surface area contributed by atoms with E-state index in [4.69, 9.17) is 14.9 Å². The second-order valence-electron chi connectivity index (χ2n) is 6.20. The third-order valence-electron chi connectivity index (χ3n) is 4.37. The molecular formula is C21H17N3O3. The van der Waals surface area contributed by atoms with E-state index in [1.165, 1.54) is 0 Å². The second-order valence-corrected chi connectivity index (χ2v) is 6.20. The summed E-state index contributed by atoms with van der Waals surface area (Å²) in [5.74, 6) is 0.502. The van der Waals surface area contributed by atoms with Gasteiger partial charge in [0.15, 0.2) is 0 Å². The Bertz CT molecular complexity index is 1150. The van der Waals surface area contributed by atoms with Gasteiger partial charge in [-0.25, -0.2) is 14.8 Å². The van der Waals surface area contributed by atoms with Gasteiger partial charge in [-0.2, -0.15) is 0 Å². The molecule has 27 heavy (non-hydrogen) atoms. The zero-order valence-electron chi connectivity index (χ0n) is 14.7. The molecule has 2 aromatic carbocycles. The molecule has 2 aromatic heterocycles. The minimum atomic E-state index is -0.357. The monoisotopic (exact) mass is 359 g/mol. The van der Waals surface area contributed by atoms with Crippen molar-refractivity contribution in [3.8, 4) is 11.8 Å². The van der Waals surface area contributed by atoms with Crippen molar-refractivity contribution in [3.63, 3.8) is 0 Å². The third-order valence-corrected chi connectivity index (χ3v) is 4.37. The van der Waals surface area contributed by atoms with Crippen molar-refractivity contribution in [1.29, 1.82) is 0 Å². The van der Waals surface area contributed by atoms with Crippen LogP contribution < -0.4 is 16.1 Å². The van der Waals surface area contributed by atoms with E-state index in [-0.39, 0.29) is 11.6 Å². The Hall–Kier alpha value is -3.67. The fourth-order valence-electron chi connectivity index (χ4n) is 2.93. The van der Waals surface area contributed by atoms with Crippen LogP contribution in [0.5, 0.6) is 11.8 Å². The van der Waals surface area contributed by atoms with Crippen LogP contribution in [-0.2, 0) is 6.42 Å². The van der Waals surface area contributed by atoms with Crippen molar-refractivity contribution >= 4 is 16.7 Å². The maximum atomic E-state index is 12.5. The summed E-state index contributed by atoms with van der Waals surface area (Å²) in [6.07, 6.45) is 3.68. The van der Waals surface area contributed by atoms with Gasteiger partial charge in [-0.15, -0.1) is 0 Å². The molecule has 0 saturated carbocycles. The first-order valence-electron chi connectivity index (χ1n) is 8.46. The lowest BCUT2D eigenvalue weighted by Crippen LogP contribution is -2.11. The Labute approximate surface area is 155 Å². The minimum absolute atomic E-state index is 0.232. The highest BCUT2D eigenvalue weighted by Crippen LogP contribution is 2.27. The topological polar surface area (TPSA) is 91.2 Å². The molecule has 2 N–H and O–H groups in total. The van der Waals surface area contributed by atoms with E-state index < -0.39 is 0 Å². The number of benzene rings is 2. The lowest BCUT2D eigenvalue weighted by molar-refractivity contribution is 0.440. The fraction of sp³-hybridized carbons (Fsp3) is 0.0952. The van der Waals surface area contributed by atoms with Crippen LogP contribution in [0.15, 0.2) is 70.1 Å². The third kappa shape index (κ3) is 3.50. The average molecular weight is 359 g/mol. The van der Waals surface area contributed by atoms with Crippen LogP contribution in [-0.4, -0.2) is 9.97 Å². The Morgan fingerprint density at radius 2 is 1.81 bits per heavy atom. The number of hydrogen-bond acceptors (Lipinski definition) is 6. The summed E-state index contributed by atoms with van der Waals surface area (Å²) >= 11 is 0. The Morgan fingerprint density at radius 1 is 1.07 bits per heavy atom. The van der Waals surface area contributed by atoms with Gasteiger partial charge in [0.25, 0.3) is 0 Å². The lowest BCUT2D eigenvalue weighted by atomic mass is 9.99. The van der Waals surface area contributed by atoms with Crippen molar-refractivity contribution in [2.45, 2.75) is 13.3 Å². The predicted octanol–water partition coefficient (Wildman–Crippen LogP) is 3.86. The molecule has 134 valence electrons. The summed E-state index contributed by atoms with van der Waals surface area (Å²) < 4.78 is 11.2. The summed E-state index contributed by atoms with van der Waals surface area (Å²) in [4.78, 5) is 20.6. The van der Waals surface area contributed by atoms with Gasteiger partial charge in [-0.05, 0) is 48.4 Å². The molecule has 0 fully saturated rings. The Morgan fingerprint density at radius 3 is 2.56 bits per heavy atom. The van der Waals surface area contributed by atoms with Crippen molar-refractivity contribution in [2.75, 3.05) is 5.73 Å². The molecular weight excluding hydrogens is 342 g/mol. The van der Waals surface area contributed by atoms with E-state index in [0.717, 1.165) is 16.5 Å². The number of ether oxygens (including phenoxy) is 1. The zero-order valence-corrected chi connectivity index (χ0v) is 14.7. The van der Waals surface area contributed by atoms with Crippen LogP contribution in [0.4, 0.5) is 5.69 Å². The summed E-state index contributed by atoms with van der Waals surface area (Å²) in [6, 6.07) is 14.8. The van der Waals surface area contributed by atoms with Gasteiger partial charge >= 0.3 is 11.6 Å². The molecule has 0 spiro atoms. The molecule has 0 aliphatic heterocycles. The van der Waals surface area contributed by atoms with Gasteiger partial charge in [0.2, 0.25) is 0 Å². The number of nitrogens with two attached hydrogens (primary N) is 1. The first-order valence-corrected chi connectivity index (χ1v) is 8.46. The molecule has 0 atom stereocenters. The number of rotatable bonds is 4. The molecule has 6 nitrogen and oxygen atoms in total. The standard InChI is InChI=1S/C21H17N3O3/c1-13-17-8-7-16(26-21-23-9-2-10-24-21)12-19(17)27-20(25)18(13)11-14-3-5-15(22)6-4-14/h2-10,12H,11,22H2,1H3. The summed E-state index contributed by atoms with van der Waals surface area (Å²) in [6.45, 7) is 1.92.